The first kappa shape index (κ1) is 59.6. The molecule has 414 valence electrons. The molecule has 0 aliphatic carbocycles. The number of aliphatic carboxylic acids is 1. The molecule has 18 N–H and O–H groups in total. The predicted octanol–water partition coefficient (Wildman–Crippen LogP) is 0.361. The van der Waals surface area contributed by atoms with Gasteiger partial charge in [-0.25, -0.2) is 0 Å². The van der Waals surface area contributed by atoms with E-state index in [0.717, 1.165) is 21.8 Å². The lowest BCUT2D eigenvalue weighted by Crippen LogP contribution is -2.61. The van der Waals surface area contributed by atoms with E-state index in [0.29, 0.717) is 29.5 Å². The van der Waals surface area contributed by atoms with Gasteiger partial charge in [0.1, 0.15) is 42.3 Å². The van der Waals surface area contributed by atoms with Crippen molar-refractivity contribution in [3.63, 3.8) is 0 Å². The van der Waals surface area contributed by atoms with Crippen LogP contribution in [0, 0.1) is 5.92 Å². The number of fused-ring (bicyclic) bond motifs is 2. The minimum Gasteiger partial charge on any atom is -0.480 e. The number of carbonyl (C=O) groups excluding carboxylic acids is 7. The van der Waals surface area contributed by atoms with Gasteiger partial charge >= 0.3 is 5.97 Å². The SMILES string of the molecule is CC(C)[C@H](NC(=O)[C@H](CCCCN)NC(=O)[C@H](Cc1ccccc1)NC(=O)[C@H](CCCN=C(N)N)NC(=O)[C@H](C)N)C(=O)N[C@@H](Cc1c[nH]c2ccccc12)C(=O)N[C@@H](Cc1c[nH]c2ccccc12)C(=O)N[C@@H](C)C(=O)O. The number of hydrogen-bond donors (Lipinski definition) is 14. The molecule has 7 amide bonds. The largest absolute Gasteiger partial charge is 0.480 e. The Balaban J connectivity index is 1.42. The molecular formula is C54H74N14O9. The van der Waals surface area contributed by atoms with Gasteiger partial charge in [0, 0.05) is 60.0 Å². The quantitative estimate of drug-likeness (QED) is 0.0168. The number of carboxylic acids is 1. The Kier molecular flexibility index (Phi) is 22.5. The monoisotopic (exact) mass is 1060 g/mol. The van der Waals surface area contributed by atoms with E-state index in [1.165, 1.54) is 13.8 Å². The minimum atomic E-state index is -1.36. The van der Waals surface area contributed by atoms with Gasteiger partial charge < -0.3 is 75.2 Å². The summed E-state index contributed by atoms with van der Waals surface area (Å²) in [6, 6.07) is 13.7. The summed E-state index contributed by atoms with van der Waals surface area (Å²) in [5, 5.41) is 30.3. The summed E-state index contributed by atoms with van der Waals surface area (Å²) in [5.74, 6) is -7.12. The lowest BCUT2D eigenvalue weighted by Gasteiger charge is -2.29. The highest BCUT2D eigenvalue weighted by molar-refractivity contribution is 5.98. The number of H-pyrrole nitrogens is 2. The number of unbranched alkanes of at least 4 members (excludes halogenated alkanes) is 1. The first-order valence-corrected chi connectivity index (χ1v) is 25.8. The maximum Gasteiger partial charge on any atom is 0.325 e. The fourth-order valence-corrected chi connectivity index (χ4v) is 8.60. The van der Waals surface area contributed by atoms with Crippen LogP contribution in [0.3, 0.4) is 0 Å². The van der Waals surface area contributed by atoms with E-state index in [9.17, 15) is 43.5 Å². The summed E-state index contributed by atoms with van der Waals surface area (Å²) in [7, 11) is 0. The molecule has 77 heavy (non-hydrogen) atoms. The smallest absolute Gasteiger partial charge is 0.325 e. The average Bonchev–Trinajstić information content (AvgIpc) is 4.01. The summed E-state index contributed by atoms with van der Waals surface area (Å²) in [5.41, 5.74) is 26.1. The van der Waals surface area contributed by atoms with E-state index in [1.54, 1.807) is 56.6 Å². The average molecular weight is 1060 g/mol. The molecule has 0 unspecified atom stereocenters. The van der Waals surface area contributed by atoms with Crippen molar-refractivity contribution in [2.45, 2.75) is 127 Å². The number of rotatable bonds is 30. The number of para-hydroxylation sites is 2. The summed E-state index contributed by atoms with van der Waals surface area (Å²) in [4.78, 5) is 121. The third-order valence-corrected chi connectivity index (χ3v) is 12.9. The molecule has 0 fully saturated rings. The molecule has 0 spiro atoms. The van der Waals surface area contributed by atoms with Crippen LogP contribution in [-0.4, -0.2) is 130 Å². The maximum absolute atomic E-state index is 14.7. The number of nitrogens with two attached hydrogens (primary N) is 4. The van der Waals surface area contributed by atoms with Crippen molar-refractivity contribution in [2.24, 2.45) is 33.8 Å². The van der Waals surface area contributed by atoms with Crippen LogP contribution in [0.15, 0.2) is 96.2 Å². The fraction of sp³-hybridized carbons (Fsp3) is 0.426. The van der Waals surface area contributed by atoms with Crippen molar-refractivity contribution >= 4 is 75.1 Å². The molecule has 5 aromatic rings. The number of hydrogen-bond acceptors (Lipinski definition) is 11. The van der Waals surface area contributed by atoms with Crippen LogP contribution >= 0.6 is 0 Å². The lowest BCUT2D eigenvalue weighted by molar-refractivity contribution is -0.141. The number of carboxylic acid groups (broad SMARTS) is 1. The molecule has 5 rings (SSSR count). The molecule has 0 aliphatic heterocycles. The molecule has 0 saturated heterocycles. The van der Waals surface area contributed by atoms with E-state index >= 15 is 0 Å². The molecule has 2 aromatic heterocycles. The standard InChI is InChI=1S/C54H74N14O9/c1-30(2)45(68-48(71)40(21-12-13-23-55)64-50(73)42(25-33-15-6-5-7-16-33)65-47(70)41(63-46(69)31(3)56)22-14-24-59-54(57)58)52(75)67-44(27-35-29-61-39-20-11-9-18-37(35)39)51(74)66-43(49(72)62-32(4)53(76)77)26-34-28-60-38-19-10-8-17-36(34)38/h5-11,15-20,28-32,40-45,60-61H,12-14,21-27,55-56H2,1-4H3,(H,62,72)(H,63,69)(H,64,73)(H,65,70)(H,66,74)(H,67,75)(H,68,71)(H,76,77)(H4,57,58,59)/t31-,32-,40-,41-,42-,43-,44-,45-/m0/s1. The third-order valence-electron chi connectivity index (χ3n) is 12.9. The summed E-state index contributed by atoms with van der Waals surface area (Å²) in [6.07, 6.45) is 4.58. The number of aromatic amines is 2. The van der Waals surface area contributed by atoms with Gasteiger partial charge in [-0.05, 0) is 87.2 Å². The van der Waals surface area contributed by atoms with Gasteiger partial charge in [0.05, 0.1) is 6.04 Å². The number of aliphatic imine (C=N–C) groups is 1. The Morgan fingerprint density at radius 3 is 1.48 bits per heavy atom. The van der Waals surface area contributed by atoms with Crippen molar-refractivity contribution in [1.82, 2.24) is 47.2 Å². The Morgan fingerprint density at radius 2 is 0.974 bits per heavy atom. The second-order valence-corrected chi connectivity index (χ2v) is 19.4. The van der Waals surface area contributed by atoms with Crippen LogP contribution in [0.25, 0.3) is 21.8 Å². The summed E-state index contributed by atoms with van der Waals surface area (Å²) < 4.78 is 0. The highest BCUT2D eigenvalue weighted by Gasteiger charge is 2.36. The van der Waals surface area contributed by atoms with E-state index in [1.807, 2.05) is 48.5 Å². The molecule has 23 heteroatoms. The van der Waals surface area contributed by atoms with Gasteiger partial charge in [-0.3, -0.25) is 43.3 Å². The number of benzene rings is 3. The second kappa shape index (κ2) is 29.1. The fourth-order valence-electron chi connectivity index (χ4n) is 8.60. The van der Waals surface area contributed by atoms with Gasteiger partial charge in [0.15, 0.2) is 5.96 Å². The van der Waals surface area contributed by atoms with E-state index < -0.39 is 102 Å². The Hall–Kier alpha value is -8.31. The van der Waals surface area contributed by atoms with Gasteiger partial charge in [-0.1, -0.05) is 80.6 Å². The molecule has 2 heterocycles. The molecule has 0 saturated carbocycles. The molecule has 0 aliphatic rings. The first-order valence-electron chi connectivity index (χ1n) is 25.8. The van der Waals surface area contributed by atoms with E-state index in [4.69, 9.17) is 22.9 Å². The summed E-state index contributed by atoms with van der Waals surface area (Å²) in [6.45, 7) is 6.57. The Bertz CT molecular complexity index is 2840. The van der Waals surface area contributed by atoms with Crippen molar-refractivity contribution in [3.05, 3.63) is 108 Å². The van der Waals surface area contributed by atoms with Crippen molar-refractivity contribution < 1.29 is 43.5 Å². The topological polar surface area (TPSA) is 389 Å². The van der Waals surface area contributed by atoms with E-state index in [-0.39, 0.29) is 57.6 Å². The zero-order valence-corrected chi connectivity index (χ0v) is 43.9. The van der Waals surface area contributed by atoms with Gasteiger partial charge in [-0.2, -0.15) is 0 Å². The van der Waals surface area contributed by atoms with Crippen molar-refractivity contribution in [1.29, 1.82) is 0 Å². The van der Waals surface area contributed by atoms with Crippen LogP contribution in [0.2, 0.25) is 0 Å². The maximum atomic E-state index is 14.7. The normalized spacial score (nSPS) is 14.4. The van der Waals surface area contributed by atoms with Gasteiger partial charge in [-0.15, -0.1) is 0 Å². The van der Waals surface area contributed by atoms with Crippen molar-refractivity contribution in [2.75, 3.05) is 13.1 Å². The molecule has 0 bridgehead atoms. The third kappa shape index (κ3) is 17.9. The number of guanidine groups is 1. The number of nitrogens with one attached hydrogen (secondary N) is 9. The van der Waals surface area contributed by atoms with Crippen LogP contribution in [0.4, 0.5) is 0 Å². The molecular weight excluding hydrogens is 989 g/mol. The number of nitrogens with zero attached hydrogens (tertiary/aromatic N) is 1. The summed E-state index contributed by atoms with van der Waals surface area (Å²) >= 11 is 0. The van der Waals surface area contributed by atoms with Crippen molar-refractivity contribution in [3.8, 4) is 0 Å². The zero-order chi connectivity index (χ0) is 56.2. The van der Waals surface area contributed by atoms with Crippen LogP contribution in [-0.2, 0) is 57.6 Å². The molecule has 23 nitrogen and oxygen atoms in total. The van der Waals surface area contributed by atoms with E-state index in [2.05, 4.69) is 52.2 Å². The minimum absolute atomic E-state index is 0.0166. The predicted molar refractivity (Wildman–Crippen MR) is 292 cm³/mol. The lowest BCUT2D eigenvalue weighted by atomic mass is 9.98. The van der Waals surface area contributed by atoms with Crippen LogP contribution in [0.1, 0.15) is 76.5 Å². The van der Waals surface area contributed by atoms with Crippen LogP contribution in [0.5, 0.6) is 0 Å². The van der Waals surface area contributed by atoms with Gasteiger partial charge in [0.25, 0.3) is 0 Å². The highest BCUT2D eigenvalue weighted by Crippen LogP contribution is 2.22. The zero-order valence-electron chi connectivity index (χ0n) is 43.9. The highest BCUT2D eigenvalue weighted by atomic mass is 16.4. The van der Waals surface area contributed by atoms with Gasteiger partial charge in [0.2, 0.25) is 41.4 Å². The molecule has 8 atom stereocenters. The Morgan fingerprint density at radius 1 is 0.532 bits per heavy atom. The van der Waals surface area contributed by atoms with Crippen LogP contribution < -0.4 is 60.2 Å². The number of carbonyl (C=O) groups is 8. The number of amides is 7. The number of aromatic nitrogens is 2. The second-order valence-electron chi connectivity index (χ2n) is 19.4. The molecule has 3 aromatic carbocycles. The molecule has 0 radical (unpaired) electrons. The first-order chi connectivity index (χ1) is 36.8. The Labute approximate surface area is 446 Å².